The van der Waals surface area contributed by atoms with Crippen molar-refractivity contribution in [2.24, 2.45) is 34.5 Å². The van der Waals surface area contributed by atoms with Gasteiger partial charge in [-0.3, -0.25) is 4.79 Å². The molecule has 23 heavy (non-hydrogen) atoms. The van der Waals surface area contributed by atoms with E-state index in [9.17, 15) is 4.79 Å². The van der Waals surface area contributed by atoms with Crippen LogP contribution in [0.4, 0.5) is 0 Å². The van der Waals surface area contributed by atoms with E-state index in [0.717, 1.165) is 36.5 Å². The molecule has 3 saturated carbocycles. The van der Waals surface area contributed by atoms with Crippen molar-refractivity contribution in [3.8, 4) is 0 Å². The predicted octanol–water partition coefficient (Wildman–Crippen LogP) is 5.71. The van der Waals surface area contributed by atoms with Crippen LogP contribution < -0.4 is 0 Å². The second-order valence-corrected chi connectivity index (χ2v) is 9.31. The molecule has 0 aliphatic heterocycles. The number of hydrogen-bond acceptors (Lipinski definition) is 1. The number of allylic oxidation sites excluding steroid dienone is 2. The quantitative estimate of drug-likeness (QED) is 0.597. The van der Waals surface area contributed by atoms with Crippen molar-refractivity contribution in [3.63, 3.8) is 0 Å². The highest BCUT2D eigenvalue weighted by Crippen LogP contribution is 2.66. The van der Waals surface area contributed by atoms with Gasteiger partial charge >= 0.3 is 0 Å². The average molecular weight is 312 g/mol. The molecule has 126 valence electrons. The van der Waals surface area contributed by atoms with Gasteiger partial charge in [0.25, 0.3) is 0 Å². The van der Waals surface area contributed by atoms with Crippen molar-refractivity contribution < 1.29 is 4.79 Å². The highest BCUT2D eigenvalue weighted by atomic mass is 16.1. The fourth-order valence-corrected chi connectivity index (χ4v) is 7.26. The van der Waals surface area contributed by atoms with Gasteiger partial charge in [0, 0.05) is 6.42 Å². The molecule has 6 atom stereocenters. The van der Waals surface area contributed by atoms with Crippen LogP contribution in [-0.2, 0) is 4.79 Å². The molecular formula is C22H32O. The molecule has 0 saturated heterocycles. The van der Waals surface area contributed by atoms with E-state index in [1.807, 2.05) is 6.08 Å². The molecule has 3 fully saturated rings. The van der Waals surface area contributed by atoms with E-state index in [-0.39, 0.29) is 0 Å². The van der Waals surface area contributed by atoms with Gasteiger partial charge in [0.2, 0.25) is 0 Å². The minimum Gasteiger partial charge on any atom is -0.295 e. The lowest BCUT2D eigenvalue weighted by molar-refractivity contribution is -0.117. The van der Waals surface area contributed by atoms with Crippen LogP contribution in [0.15, 0.2) is 24.3 Å². The molecule has 1 heteroatoms. The summed E-state index contributed by atoms with van der Waals surface area (Å²) >= 11 is 0. The zero-order chi connectivity index (χ0) is 16.2. The van der Waals surface area contributed by atoms with Gasteiger partial charge in [-0.25, -0.2) is 0 Å². The van der Waals surface area contributed by atoms with Crippen molar-refractivity contribution in [2.45, 2.75) is 71.6 Å². The SMILES string of the molecule is C=CC[C@H]1CC[C@H]2[C@@H]3CCC4=CC(=O)CC[C@]4(C)[C@H]3CC[C@]12C. The summed E-state index contributed by atoms with van der Waals surface area (Å²) in [5, 5.41) is 0. The summed E-state index contributed by atoms with van der Waals surface area (Å²) in [6.45, 7) is 9.08. The maximum atomic E-state index is 11.9. The van der Waals surface area contributed by atoms with E-state index in [2.05, 4.69) is 26.5 Å². The lowest BCUT2D eigenvalue weighted by Gasteiger charge is -2.58. The lowest BCUT2D eigenvalue weighted by atomic mass is 9.47. The van der Waals surface area contributed by atoms with Gasteiger partial charge in [-0.1, -0.05) is 25.5 Å². The minimum absolute atomic E-state index is 0.328. The summed E-state index contributed by atoms with van der Waals surface area (Å²) in [7, 11) is 0. The Morgan fingerprint density at radius 3 is 2.74 bits per heavy atom. The Morgan fingerprint density at radius 1 is 1.13 bits per heavy atom. The first-order valence-electron chi connectivity index (χ1n) is 9.84. The summed E-state index contributed by atoms with van der Waals surface area (Å²) in [4.78, 5) is 11.9. The molecule has 0 aromatic rings. The van der Waals surface area contributed by atoms with Crippen LogP contribution in [0.2, 0.25) is 0 Å². The molecule has 0 unspecified atom stereocenters. The van der Waals surface area contributed by atoms with E-state index < -0.39 is 0 Å². The molecule has 0 aromatic carbocycles. The van der Waals surface area contributed by atoms with Crippen LogP contribution in [0.3, 0.4) is 0 Å². The first-order chi connectivity index (χ1) is 11.0. The van der Waals surface area contributed by atoms with E-state index in [1.165, 1.54) is 50.5 Å². The van der Waals surface area contributed by atoms with Gasteiger partial charge in [0.15, 0.2) is 5.78 Å². The van der Waals surface area contributed by atoms with Crippen molar-refractivity contribution >= 4 is 5.78 Å². The highest BCUT2D eigenvalue weighted by molar-refractivity contribution is 5.91. The lowest BCUT2D eigenvalue weighted by Crippen LogP contribution is -2.50. The molecule has 0 heterocycles. The van der Waals surface area contributed by atoms with Gasteiger partial charge in [0.1, 0.15) is 0 Å². The molecule has 4 aliphatic rings. The minimum atomic E-state index is 0.328. The Bertz CT molecular complexity index is 558. The summed E-state index contributed by atoms with van der Waals surface area (Å²) < 4.78 is 0. The van der Waals surface area contributed by atoms with Crippen LogP contribution in [-0.4, -0.2) is 5.78 Å². The zero-order valence-electron chi connectivity index (χ0n) is 14.9. The Kier molecular flexibility index (Phi) is 3.63. The monoisotopic (exact) mass is 312 g/mol. The molecule has 0 radical (unpaired) electrons. The van der Waals surface area contributed by atoms with Gasteiger partial charge < -0.3 is 0 Å². The van der Waals surface area contributed by atoms with Crippen molar-refractivity contribution in [1.82, 2.24) is 0 Å². The Balaban J connectivity index is 1.64. The number of carbonyl (C=O) groups excluding carboxylic acids is 1. The van der Waals surface area contributed by atoms with Crippen molar-refractivity contribution in [1.29, 1.82) is 0 Å². The topological polar surface area (TPSA) is 17.1 Å². The van der Waals surface area contributed by atoms with Crippen molar-refractivity contribution in [2.75, 3.05) is 0 Å². The normalized spacial score (nSPS) is 49.0. The average Bonchev–Trinajstić information content (AvgIpc) is 2.85. The Labute approximate surface area is 141 Å². The molecule has 0 spiro atoms. The number of carbonyl (C=O) groups is 1. The third-order valence-electron chi connectivity index (χ3n) is 8.61. The molecule has 0 amide bonds. The third-order valence-corrected chi connectivity index (χ3v) is 8.61. The van der Waals surface area contributed by atoms with Crippen LogP contribution in [0.1, 0.15) is 71.6 Å². The van der Waals surface area contributed by atoms with Crippen LogP contribution in [0, 0.1) is 34.5 Å². The number of ketones is 1. The predicted molar refractivity (Wildman–Crippen MR) is 95.0 cm³/mol. The molecule has 0 bridgehead atoms. The smallest absolute Gasteiger partial charge is 0.155 e. The Hall–Kier alpha value is -0.850. The standard InChI is InChI=1S/C22H32O/c1-4-5-15-7-9-19-18-8-6-16-14-17(23)10-12-22(16,3)20(18)11-13-21(15,19)2/h4,14-15,18-20H,1,5-13H2,2-3H3/t15-,18-,19-,20-,21+,22-/m0/s1. The first kappa shape index (κ1) is 15.7. The van der Waals surface area contributed by atoms with E-state index >= 15 is 0 Å². The molecule has 0 N–H and O–H groups in total. The van der Waals surface area contributed by atoms with E-state index in [1.54, 1.807) is 0 Å². The van der Waals surface area contributed by atoms with Crippen LogP contribution in [0.25, 0.3) is 0 Å². The third kappa shape index (κ3) is 2.14. The maximum absolute atomic E-state index is 11.9. The van der Waals surface area contributed by atoms with Crippen molar-refractivity contribution in [3.05, 3.63) is 24.3 Å². The van der Waals surface area contributed by atoms with E-state index in [4.69, 9.17) is 0 Å². The fourth-order valence-electron chi connectivity index (χ4n) is 7.26. The van der Waals surface area contributed by atoms with Crippen LogP contribution >= 0.6 is 0 Å². The highest BCUT2D eigenvalue weighted by Gasteiger charge is 2.58. The molecule has 4 rings (SSSR count). The van der Waals surface area contributed by atoms with Gasteiger partial charge in [-0.15, -0.1) is 6.58 Å². The zero-order valence-corrected chi connectivity index (χ0v) is 14.9. The summed E-state index contributed by atoms with van der Waals surface area (Å²) in [5.41, 5.74) is 2.38. The van der Waals surface area contributed by atoms with Gasteiger partial charge in [-0.05, 0) is 91.9 Å². The largest absolute Gasteiger partial charge is 0.295 e. The fraction of sp³-hybridized carbons (Fsp3) is 0.773. The number of fused-ring (bicyclic) bond motifs is 5. The van der Waals surface area contributed by atoms with Crippen LogP contribution in [0.5, 0.6) is 0 Å². The molecular weight excluding hydrogens is 280 g/mol. The summed E-state index contributed by atoms with van der Waals surface area (Å²) in [5.74, 6) is 3.89. The van der Waals surface area contributed by atoms with Gasteiger partial charge in [0.05, 0.1) is 0 Å². The molecule has 4 aliphatic carbocycles. The second kappa shape index (κ2) is 5.33. The molecule has 1 nitrogen and oxygen atoms in total. The summed E-state index contributed by atoms with van der Waals surface area (Å²) in [6, 6.07) is 0. The first-order valence-corrected chi connectivity index (χ1v) is 9.84. The van der Waals surface area contributed by atoms with E-state index in [0.29, 0.717) is 16.6 Å². The summed E-state index contributed by atoms with van der Waals surface area (Å²) in [6.07, 6.45) is 15.4. The number of hydrogen-bond donors (Lipinski definition) is 0. The second-order valence-electron chi connectivity index (χ2n) is 9.31. The molecule has 0 aromatic heterocycles. The maximum Gasteiger partial charge on any atom is 0.155 e. The number of rotatable bonds is 2. The Morgan fingerprint density at radius 2 is 1.96 bits per heavy atom. The van der Waals surface area contributed by atoms with Gasteiger partial charge in [-0.2, -0.15) is 0 Å².